The number of fused-ring (bicyclic) bond motifs is 4. The number of benzene rings is 2. The average molecular weight is 320 g/mol. The van der Waals surface area contributed by atoms with E-state index >= 15 is 0 Å². The fraction of sp³-hybridized carbons (Fsp3) is 0.286. The highest BCUT2D eigenvalue weighted by Crippen LogP contribution is 2.46. The van der Waals surface area contributed by atoms with Gasteiger partial charge in [0, 0.05) is 16.4 Å². The number of ketones is 1. The predicted molar refractivity (Wildman–Crippen MR) is 94.0 cm³/mol. The van der Waals surface area contributed by atoms with Crippen LogP contribution in [0.15, 0.2) is 46.9 Å². The van der Waals surface area contributed by atoms with E-state index in [-0.39, 0.29) is 11.2 Å². The number of ether oxygens (including phenoxy) is 1. The third-order valence-corrected chi connectivity index (χ3v) is 4.77. The van der Waals surface area contributed by atoms with Gasteiger partial charge in [0.05, 0.1) is 12.2 Å². The maximum Gasteiger partial charge on any atom is 0.197 e. The molecule has 1 aromatic heterocycles. The second-order valence-electron chi connectivity index (χ2n) is 6.81. The first kappa shape index (κ1) is 15.0. The van der Waals surface area contributed by atoms with Gasteiger partial charge < -0.3 is 9.15 Å². The standard InChI is InChI=1S/C21H20O3/c1-4-11-23-13-9-10-14-16(12-13)21(2,3)20-18(19(14)22)15-7-5-6-8-17(15)24-20/h5-10,12H,4,11H2,1-3H3. The molecule has 122 valence electrons. The molecule has 1 heterocycles. The number of para-hydroxylation sites is 1. The van der Waals surface area contributed by atoms with Crippen LogP contribution in [0.3, 0.4) is 0 Å². The summed E-state index contributed by atoms with van der Waals surface area (Å²) in [4.78, 5) is 13.1. The summed E-state index contributed by atoms with van der Waals surface area (Å²) in [5, 5.41) is 0.891. The molecule has 3 nitrogen and oxygen atoms in total. The van der Waals surface area contributed by atoms with Crippen LogP contribution in [0, 0.1) is 0 Å². The molecule has 24 heavy (non-hydrogen) atoms. The van der Waals surface area contributed by atoms with Crippen LogP contribution in [0.4, 0.5) is 0 Å². The summed E-state index contributed by atoms with van der Waals surface area (Å²) >= 11 is 0. The number of carbonyl (C=O) groups is 1. The summed E-state index contributed by atoms with van der Waals surface area (Å²) in [5.41, 5.74) is 2.78. The lowest BCUT2D eigenvalue weighted by molar-refractivity contribution is 0.102. The Balaban J connectivity index is 1.94. The molecule has 0 radical (unpaired) electrons. The molecule has 0 fully saturated rings. The van der Waals surface area contributed by atoms with E-state index in [1.807, 2.05) is 42.5 Å². The molecule has 4 rings (SSSR count). The molecule has 0 N–H and O–H groups in total. The van der Waals surface area contributed by atoms with Crippen LogP contribution < -0.4 is 4.74 Å². The smallest absolute Gasteiger partial charge is 0.197 e. The van der Waals surface area contributed by atoms with Gasteiger partial charge in [0.1, 0.15) is 17.1 Å². The normalized spacial score (nSPS) is 15.2. The lowest BCUT2D eigenvalue weighted by Gasteiger charge is -2.30. The van der Waals surface area contributed by atoms with Crippen LogP contribution in [-0.2, 0) is 5.41 Å². The fourth-order valence-corrected chi connectivity index (χ4v) is 3.52. The zero-order valence-corrected chi connectivity index (χ0v) is 14.2. The highest BCUT2D eigenvalue weighted by molar-refractivity contribution is 6.19. The van der Waals surface area contributed by atoms with E-state index in [0.717, 1.165) is 40.0 Å². The Morgan fingerprint density at radius 3 is 2.71 bits per heavy atom. The van der Waals surface area contributed by atoms with E-state index in [9.17, 15) is 4.79 Å². The molecule has 3 aromatic rings. The highest BCUT2D eigenvalue weighted by Gasteiger charge is 2.41. The Kier molecular flexibility index (Phi) is 3.27. The molecule has 0 saturated heterocycles. The lowest BCUT2D eigenvalue weighted by Crippen LogP contribution is -2.29. The molecule has 0 bridgehead atoms. The van der Waals surface area contributed by atoms with E-state index in [0.29, 0.717) is 12.2 Å². The summed E-state index contributed by atoms with van der Waals surface area (Å²) in [6.45, 7) is 6.95. The van der Waals surface area contributed by atoms with E-state index < -0.39 is 0 Å². The largest absolute Gasteiger partial charge is 0.494 e. The topological polar surface area (TPSA) is 39.4 Å². The van der Waals surface area contributed by atoms with Crippen molar-refractivity contribution in [1.29, 1.82) is 0 Å². The van der Waals surface area contributed by atoms with Crippen molar-refractivity contribution < 1.29 is 13.9 Å². The Hall–Kier alpha value is -2.55. The Labute approximate surface area is 141 Å². The zero-order chi connectivity index (χ0) is 16.9. The number of carbonyl (C=O) groups excluding carboxylic acids is 1. The molecule has 3 heteroatoms. The Bertz CT molecular complexity index is 947. The molecule has 0 amide bonds. The molecule has 2 aromatic carbocycles. The maximum atomic E-state index is 13.1. The molecular formula is C21H20O3. The summed E-state index contributed by atoms with van der Waals surface area (Å²) < 4.78 is 11.8. The first-order valence-corrected chi connectivity index (χ1v) is 8.38. The molecular weight excluding hydrogens is 300 g/mol. The van der Waals surface area contributed by atoms with Gasteiger partial charge in [-0.3, -0.25) is 4.79 Å². The van der Waals surface area contributed by atoms with Crippen molar-refractivity contribution in [2.24, 2.45) is 0 Å². The molecule has 0 unspecified atom stereocenters. The number of hydrogen-bond acceptors (Lipinski definition) is 3. The van der Waals surface area contributed by atoms with Crippen molar-refractivity contribution in [2.75, 3.05) is 6.61 Å². The monoisotopic (exact) mass is 320 g/mol. The van der Waals surface area contributed by atoms with Crippen LogP contribution >= 0.6 is 0 Å². The summed E-state index contributed by atoms with van der Waals surface area (Å²) in [7, 11) is 0. The van der Waals surface area contributed by atoms with Gasteiger partial charge >= 0.3 is 0 Å². The van der Waals surface area contributed by atoms with Crippen molar-refractivity contribution in [3.8, 4) is 5.75 Å². The Morgan fingerprint density at radius 2 is 1.92 bits per heavy atom. The van der Waals surface area contributed by atoms with Gasteiger partial charge in [0.25, 0.3) is 0 Å². The predicted octanol–water partition coefficient (Wildman–Crippen LogP) is 5.09. The first-order valence-electron chi connectivity index (χ1n) is 8.38. The van der Waals surface area contributed by atoms with Crippen LogP contribution in [0.5, 0.6) is 5.75 Å². The lowest BCUT2D eigenvalue weighted by atomic mass is 9.72. The molecule has 0 spiro atoms. The molecule has 0 aliphatic heterocycles. The average Bonchev–Trinajstić information content (AvgIpc) is 2.99. The first-order chi connectivity index (χ1) is 11.5. The summed E-state index contributed by atoms with van der Waals surface area (Å²) in [6, 6.07) is 13.5. The van der Waals surface area contributed by atoms with Gasteiger partial charge in [-0.2, -0.15) is 0 Å². The fourth-order valence-electron chi connectivity index (χ4n) is 3.52. The molecule has 0 atom stereocenters. The second kappa shape index (κ2) is 5.23. The summed E-state index contributed by atoms with van der Waals surface area (Å²) in [6.07, 6.45) is 0.952. The van der Waals surface area contributed by atoms with Crippen LogP contribution in [-0.4, -0.2) is 12.4 Å². The van der Waals surface area contributed by atoms with Crippen LogP contribution in [0.2, 0.25) is 0 Å². The van der Waals surface area contributed by atoms with Crippen molar-refractivity contribution in [3.05, 3.63) is 64.9 Å². The molecule has 1 aliphatic carbocycles. The van der Waals surface area contributed by atoms with Gasteiger partial charge in [0.2, 0.25) is 0 Å². The minimum atomic E-state index is -0.386. The maximum absolute atomic E-state index is 13.1. The molecule has 0 saturated carbocycles. The van der Waals surface area contributed by atoms with Gasteiger partial charge in [-0.15, -0.1) is 0 Å². The SMILES string of the molecule is CCCOc1ccc2c(c1)C(C)(C)c1oc3ccccc3c1C2=O. The van der Waals surface area contributed by atoms with Gasteiger partial charge in [-0.25, -0.2) is 0 Å². The van der Waals surface area contributed by atoms with Crippen LogP contribution in [0.1, 0.15) is 54.4 Å². The quantitative estimate of drug-likeness (QED) is 0.674. The minimum Gasteiger partial charge on any atom is -0.494 e. The van der Waals surface area contributed by atoms with E-state index in [1.165, 1.54) is 0 Å². The van der Waals surface area contributed by atoms with Gasteiger partial charge in [-0.1, -0.05) is 25.1 Å². The number of rotatable bonds is 3. The van der Waals surface area contributed by atoms with Crippen LogP contribution in [0.25, 0.3) is 11.0 Å². The number of hydrogen-bond donors (Lipinski definition) is 0. The van der Waals surface area contributed by atoms with Crippen molar-refractivity contribution in [1.82, 2.24) is 0 Å². The van der Waals surface area contributed by atoms with Crippen molar-refractivity contribution in [3.63, 3.8) is 0 Å². The third-order valence-electron chi connectivity index (χ3n) is 4.77. The summed E-state index contributed by atoms with van der Waals surface area (Å²) in [5.74, 6) is 1.58. The molecule has 1 aliphatic rings. The van der Waals surface area contributed by atoms with E-state index in [2.05, 4.69) is 20.8 Å². The van der Waals surface area contributed by atoms with E-state index in [1.54, 1.807) is 0 Å². The highest BCUT2D eigenvalue weighted by atomic mass is 16.5. The Morgan fingerprint density at radius 1 is 1.12 bits per heavy atom. The van der Waals surface area contributed by atoms with Gasteiger partial charge in [0.15, 0.2) is 5.78 Å². The van der Waals surface area contributed by atoms with Crippen molar-refractivity contribution >= 4 is 16.8 Å². The van der Waals surface area contributed by atoms with Crippen molar-refractivity contribution in [2.45, 2.75) is 32.6 Å². The second-order valence-corrected chi connectivity index (χ2v) is 6.81. The third kappa shape index (κ3) is 2.01. The van der Waals surface area contributed by atoms with Gasteiger partial charge in [-0.05, 0) is 50.1 Å². The minimum absolute atomic E-state index is 0.0336. The number of furan rings is 1. The van der Waals surface area contributed by atoms with E-state index in [4.69, 9.17) is 9.15 Å². The zero-order valence-electron chi connectivity index (χ0n) is 14.2.